The minimum Gasteiger partial charge on any atom is -0.339 e. The van der Waals surface area contributed by atoms with Crippen molar-refractivity contribution >= 4 is 10.0 Å². The highest BCUT2D eigenvalue weighted by Crippen LogP contribution is 2.31. The quantitative estimate of drug-likeness (QED) is 0.851. The maximum atomic E-state index is 12.7. The van der Waals surface area contributed by atoms with Crippen LogP contribution in [0.25, 0.3) is 0 Å². The normalized spacial score (nSPS) is 19.8. The third kappa shape index (κ3) is 3.23. The van der Waals surface area contributed by atoms with Gasteiger partial charge in [-0.15, -0.1) is 0 Å². The fourth-order valence-electron chi connectivity index (χ4n) is 2.71. The van der Waals surface area contributed by atoms with Crippen molar-refractivity contribution in [3.63, 3.8) is 0 Å². The van der Waals surface area contributed by atoms with Crippen molar-refractivity contribution in [2.24, 2.45) is 0 Å². The van der Waals surface area contributed by atoms with Crippen LogP contribution in [0.5, 0.6) is 0 Å². The van der Waals surface area contributed by atoms with Crippen LogP contribution in [0.3, 0.4) is 0 Å². The van der Waals surface area contributed by atoms with Crippen LogP contribution in [-0.2, 0) is 15.4 Å². The summed E-state index contributed by atoms with van der Waals surface area (Å²) in [5.41, 5.74) is 0.849. The molecule has 1 fully saturated rings. The minimum atomic E-state index is -3.47. The molecule has 0 spiro atoms. The summed E-state index contributed by atoms with van der Waals surface area (Å²) in [5.74, 6) is 1.13. The lowest BCUT2D eigenvalue weighted by Crippen LogP contribution is -2.28. The van der Waals surface area contributed by atoms with Crippen LogP contribution in [0.4, 0.5) is 0 Å². The van der Waals surface area contributed by atoms with Crippen molar-refractivity contribution in [2.45, 2.75) is 50.3 Å². The molecule has 24 heavy (non-hydrogen) atoms. The van der Waals surface area contributed by atoms with Crippen LogP contribution in [0.1, 0.15) is 50.4 Å². The Morgan fingerprint density at radius 3 is 2.46 bits per heavy atom. The van der Waals surface area contributed by atoms with E-state index in [0.29, 0.717) is 36.1 Å². The van der Waals surface area contributed by atoms with E-state index in [2.05, 4.69) is 10.1 Å². The molecule has 1 saturated heterocycles. The zero-order valence-corrected chi connectivity index (χ0v) is 15.3. The van der Waals surface area contributed by atoms with E-state index >= 15 is 0 Å². The van der Waals surface area contributed by atoms with Gasteiger partial charge in [-0.1, -0.05) is 43.6 Å². The summed E-state index contributed by atoms with van der Waals surface area (Å²) >= 11 is 0. The molecule has 0 bridgehead atoms. The molecule has 3 rings (SSSR count). The third-order valence-corrected chi connectivity index (χ3v) is 6.15. The summed E-state index contributed by atoms with van der Waals surface area (Å²) in [6.07, 6.45) is 0.691. The van der Waals surface area contributed by atoms with E-state index in [4.69, 9.17) is 4.52 Å². The van der Waals surface area contributed by atoms with E-state index in [-0.39, 0.29) is 11.3 Å². The second kappa shape index (κ2) is 5.97. The van der Waals surface area contributed by atoms with Crippen molar-refractivity contribution in [3.8, 4) is 0 Å². The smallest absolute Gasteiger partial charge is 0.243 e. The molecule has 0 radical (unpaired) electrons. The van der Waals surface area contributed by atoms with Crippen LogP contribution in [0.2, 0.25) is 0 Å². The topological polar surface area (TPSA) is 76.3 Å². The predicted octanol–water partition coefficient (Wildman–Crippen LogP) is 2.85. The Hall–Kier alpha value is -1.73. The number of benzene rings is 1. The van der Waals surface area contributed by atoms with E-state index < -0.39 is 10.0 Å². The van der Waals surface area contributed by atoms with Crippen LogP contribution in [0, 0.1) is 6.92 Å². The summed E-state index contributed by atoms with van der Waals surface area (Å²) in [7, 11) is -3.47. The molecule has 6 nitrogen and oxygen atoms in total. The Kier molecular flexibility index (Phi) is 4.25. The molecule has 0 saturated carbocycles. The Bertz CT molecular complexity index is 820. The van der Waals surface area contributed by atoms with Gasteiger partial charge in [-0.3, -0.25) is 0 Å². The molecule has 1 unspecified atom stereocenters. The molecule has 0 amide bonds. The van der Waals surface area contributed by atoms with Gasteiger partial charge in [0.2, 0.25) is 15.9 Å². The number of hydrogen-bond acceptors (Lipinski definition) is 5. The van der Waals surface area contributed by atoms with Crippen molar-refractivity contribution in [1.29, 1.82) is 0 Å². The molecule has 0 aliphatic carbocycles. The van der Waals surface area contributed by atoms with Gasteiger partial charge in [0, 0.05) is 18.5 Å². The lowest BCUT2D eigenvalue weighted by molar-refractivity contribution is 0.343. The number of hydrogen-bond donors (Lipinski definition) is 0. The highest BCUT2D eigenvalue weighted by molar-refractivity contribution is 7.89. The first kappa shape index (κ1) is 17.1. The monoisotopic (exact) mass is 349 g/mol. The predicted molar refractivity (Wildman–Crippen MR) is 90.3 cm³/mol. The molecule has 7 heteroatoms. The van der Waals surface area contributed by atoms with Crippen LogP contribution in [0.15, 0.2) is 33.7 Å². The first-order valence-corrected chi connectivity index (χ1v) is 9.53. The summed E-state index contributed by atoms with van der Waals surface area (Å²) < 4.78 is 32.4. The fraction of sp³-hybridized carbons (Fsp3) is 0.529. The lowest BCUT2D eigenvalue weighted by atomic mass is 9.96. The SMILES string of the molecule is Cc1ccc(S(=O)(=O)N2CCC(c3nc(C(C)(C)C)no3)C2)cc1. The van der Waals surface area contributed by atoms with Crippen LogP contribution in [-0.4, -0.2) is 36.0 Å². The molecule has 1 aromatic heterocycles. The maximum Gasteiger partial charge on any atom is 0.243 e. The average molecular weight is 349 g/mol. The van der Waals surface area contributed by atoms with Gasteiger partial charge < -0.3 is 4.52 Å². The van der Waals surface area contributed by atoms with Crippen molar-refractivity contribution in [2.75, 3.05) is 13.1 Å². The number of nitrogens with zero attached hydrogens (tertiary/aromatic N) is 3. The van der Waals surface area contributed by atoms with Gasteiger partial charge in [0.1, 0.15) is 0 Å². The van der Waals surface area contributed by atoms with Crippen molar-refractivity contribution in [3.05, 3.63) is 41.5 Å². The molecule has 2 aromatic rings. The first-order chi connectivity index (χ1) is 11.2. The molecular formula is C17H23N3O3S. The van der Waals surface area contributed by atoms with Gasteiger partial charge in [0.05, 0.1) is 10.8 Å². The Labute approximate surface area is 142 Å². The zero-order valence-electron chi connectivity index (χ0n) is 14.5. The van der Waals surface area contributed by atoms with Gasteiger partial charge in [-0.05, 0) is 25.5 Å². The Balaban J connectivity index is 1.77. The largest absolute Gasteiger partial charge is 0.339 e. The van der Waals surface area contributed by atoms with Gasteiger partial charge in [0.15, 0.2) is 5.82 Å². The third-order valence-electron chi connectivity index (χ3n) is 4.27. The Morgan fingerprint density at radius 1 is 1.21 bits per heavy atom. The molecule has 1 aliphatic heterocycles. The number of aromatic nitrogens is 2. The number of sulfonamides is 1. The summed E-state index contributed by atoms with van der Waals surface area (Å²) in [4.78, 5) is 4.79. The standard InChI is InChI=1S/C17H23N3O3S/c1-12-5-7-14(8-6-12)24(21,22)20-10-9-13(11-20)15-18-16(19-23-15)17(2,3)4/h5-8,13H,9-11H2,1-4H3. The first-order valence-electron chi connectivity index (χ1n) is 8.09. The lowest BCUT2D eigenvalue weighted by Gasteiger charge is -2.16. The van der Waals surface area contributed by atoms with Crippen molar-refractivity contribution < 1.29 is 12.9 Å². The average Bonchev–Trinajstić information content (AvgIpc) is 3.16. The molecule has 1 aromatic carbocycles. The van der Waals surface area contributed by atoms with Gasteiger partial charge in [0.25, 0.3) is 0 Å². The van der Waals surface area contributed by atoms with E-state index in [9.17, 15) is 8.42 Å². The second-order valence-corrected chi connectivity index (χ2v) is 9.31. The number of aryl methyl sites for hydroxylation is 1. The molecular weight excluding hydrogens is 326 g/mol. The molecule has 2 heterocycles. The van der Waals surface area contributed by atoms with E-state index in [1.807, 2.05) is 39.8 Å². The van der Waals surface area contributed by atoms with E-state index in [0.717, 1.165) is 5.56 Å². The fourth-order valence-corrected chi connectivity index (χ4v) is 4.21. The van der Waals surface area contributed by atoms with Gasteiger partial charge >= 0.3 is 0 Å². The van der Waals surface area contributed by atoms with E-state index in [1.54, 1.807) is 12.1 Å². The highest BCUT2D eigenvalue weighted by atomic mass is 32.2. The van der Waals surface area contributed by atoms with Gasteiger partial charge in [-0.25, -0.2) is 8.42 Å². The zero-order chi connectivity index (χ0) is 17.5. The second-order valence-electron chi connectivity index (χ2n) is 7.37. The molecule has 130 valence electrons. The summed E-state index contributed by atoms with van der Waals surface area (Å²) in [6.45, 7) is 8.83. The maximum absolute atomic E-state index is 12.7. The van der Waals surface area contributed by atoms with E-state index in [1.165, 1.54) is 4.31 Å². The molecule has 0 N–H and O–H groups in total. The van der Waals surface area contributed by atoms with Gasteiger partial charge in [-0.2, -0.15) is 9.29 Å². The number of rotatable bonds is 3. The minimum absolute atomic E-state index is 0.0474. The molecule has 1 aliphatic rings. The van der Waals surface area contributed by atoms with Crippen molar-refractivity contribution in [1.82, 2.24) is 14.4 Å². The van der Waals surface area contributed by atoms with Crippen LogP contribution < -0.4 is 0 Å². The highest BCUT2D eigenvalue weighted by Gasteiger charge is 2.36. The molecule has 1 atom stereocenters. The Morgan fingerprint density at radius 2 is 1.88 bits per heavy atom. The van der Waals surface area contributed by atoms with Crippen LogP contribution >= 0.6 is 0 Å². The summed E-state index contributed by atoms with van der Waals surface area (Å²) in [5, 5.41) is 4.03. The summed E-state index contributed by atoms with van der Waals surface area (Å²) in [6, 6.07) is 6.94.